The van der Waals surface area contributed by atoms with Crippen LogP contribution >= 0.6 is 12.4 Å². The Labute approximate surface area is 133 Å². The molecule has 1 amide bonds. The summed E-state index contributed by atoms with van der Waals surface area (Å²) in [5.41, 5.74) is 5.84. The molecule has 1 atom stereocenters. The summed E-state index contributed by atoms with van der Waals surface area (Å²) in [6, 6.07) is 4.63. The maximum absolute atomic E-state index is 12.0. The highest BCUT2D eigenvalue weighted by molar-refractivity contribution is 5.94. The summed E-state index contributed by atoms with van der Waals surface area (Å²) in [6.45, 7) is 2.36. The van der Waals surface area contributed by atoms with Gasteiger partial charge in [-0.1, -0.05) is 19.8 Å². The zero-order valence-electron chi connectivity index (χ0n) is 12.2. The number of rotatable bonds is 7. The summed E-state index contributed by atoms with van der Waals surface area (Å²) in [6.07, 6.45) is -2.03. The summed E-state index contributed by atoms with van der Waals surface area (Å²) in [4.78, 5) is 11.9. The van der Waals surface area contributed by atoms with E-state index in [1.807, 2.05) is 6.92 Å². The zero-order chi connectivity index (χ0) is 15.9. The molecular formula is C14H20ClF3N2O2. The van der Waals surface area contributed by atoms with Gasteiger partial charge in [0, 0.05) is 18.2 Å². The molecule has 1 aromatic rings. The third kappa shape index (κ3) is 7.51. The largest absolute Gasteiger partial charge is 0.573 e. The van der Waals surface area contributed by atoms with E-state index in [0.717, 1.165) is 31.4 Å². The minimum absolute atomic E-state index is 0. The van der Waals surface area contributed by atoms with Gasteiger partial charge in [0.15, 0.2) is 0 Å². The normalized spacial score (nSPS) is 12.2. The van der Waals surface area contributed by atoms with E-state index in [1.54, 1.807) is 0 Å². The van der Waals surface area contributed by atoms with Gasteiger partial charge in [0.1, 0.15) is 5.75 Å². The highest BCUT2D eigenvalue weighted by atomic mass is 35.5. The number of halogens is 4. The molecule has 1 rings (SSSR count). The molecule has 0 aromatic heterocycles. The molecule has 0 radical (unpaired) electrons. The number of ether oxygens (including phenoxy) is 1. The highest BCUT2D eigenvalue weighted by Crippen LogP contribution is 2.22. The van der Waals surface area contributed by atoms with Crippen LogP contribution < -0.4 is 15.8 Å². The average Bonchev–Trinajstić information content (AvgIpc) is 2.42. The van der Waals surface area contributed by atoms with E-state index in [-0.39, 0.29) is 35.7 Å². The predicted octanol–water partition coefficient (Wildman–Crippen LogP) is 3.25. The maximum atomic E-state index is 12.0. The Kier molecular flexibility index (Phi) is 8.89. The molecule has 0 bridgehead atoms. The van der Waals surface area contributed by atoms with Gasteiger partial charge in [0.05, 0.1) is 0 Å². The van der Waals surface area contributed by atoms with Crippen LogP contribution in [0.4, 0.5) is 13.2 Å². The first kappa shape index (κ1) is 20.5. The lowest BCUT2D eigenvalue weighted by Gasteiger charge is -2.16. The molecule has 0 heterocycles. The molecular weight excluding hydrogens is 321 g/mol. The number of hydrogen-bond donors (Lipinski definition) is 2. The second-order valence-corrected chi connectivity index (χ2v) is 4.62. The van der Waals surface area contributed by atoms with Gasteiger partial charge in [-0.05, 0) is 30.7 Å². The van der Waals surface area contributed by atoms with Crippen molar-refractivity contribution in [2.75, 3.05) is 6.54 Å². The number of hydrogen-bond acceptors (Lipinski definition) is 3. The third-order valence-corrected chi connectivity index (χ3v) is 2.88. The van der Waals surface area contributed by atoms with Crippen molar-refractivity contribution in [3.05, 3.63) is 29.8 Å². The third-order valence-electron chi connectivity index (χ3n) is 2.88. The van der Waals surface area contributed by atoms with Crippen LogP contribution in [-0.2, 0) is 0 Å². The lowest BCUT2D eigenvalue weighted by molar-refractivity contribution is -0.274. The molecule has 126 valence electrons. The van der Waals surface area contributed by atoms with E-state index in [2.05, 4.69) is 10.1 Å². The standard InChI is InChI=1S/C14H19F3N2O2.ClH/c1-2-3-4-11(9-18)19-13(20)10-5-7-12(8-6-10)21-14(15,16)17;/h5-8,11H,2-4,9,18H2,1H3,(H,19,20);1H. The van der Waals surface area contributed by atoms with Crippen molar-refractivity contribution in [3.63, 3.8) is 0 Å². The minimum atomic E-state index is -4.74. The van der Waals surface area contributed by atoms with E-state index in [0.29, 0.717) is 6.54 Å². The summed E-state index contributed by atoms with van der Waals surface area (Å²) in [5.74, 6) is -0.722. The fourth-order valence-electron chi connectivity index (χ4n) is 1.78. The van der Waals surface area contributed by atoms with Crippen molar-refractivity contribution in [1.29, 1.82) is 0 Å². The molecule has 0 aliphatic rings. The van der Waals surface area contributed by atoms with E-state index < -0.39 is 6.36 Å². The zero-order valence-corrected chi connectivity index (χ0v) is 13.0. The molecule has 0 aliphatic heterocycles. The van der Waals surface area contributed by atoms with E-state index in [9.17, 15) is 18.0 Å². The second-order valence-electron chi connectivity index (χ2n) is 4.62. The number of unbranched alkanes of at least 4 members (excludes halogenated alkanes) is 1. The molecule has 0 saturated heterocycles. The summed E-state index contributed by atoms with van der Waals surface area (Å²) < 4.78 is 39.8. The van der Waals surface area contributed by atoms with Gasteiger partial charge in [0.2, 0.25) is 0 Å². The minimum Gasteiger partial charge on any atom is -0.406 e. The number of nitrogens with two attached hydrogens (primary N) is 1. The molecule has 0 fully saturated rings. The van der Waals surface area contributed by atoms with Crippen molar-refractivity contribution in [2.24, 2.45) is 5.73 Å². The van der Waals surface area contributed by atoms with Crippen molar-refractivity contribution in [1.82, 2.24) is 5.32 Å². The van der Waals surface area contributed by atoms with Gasteiger partial charge in [0.25, 0.3) is 5.91 Å². The van der Waals surface area contributed by atoms with Gasteiger partial charge >= 0.3 is 6.36 Å². The molecule has 1 unspecified atom stereocenters. The van der Waals surface area contributed by atoms with Gasteiger partial charge < -0.3 is 15.8 Å². The van der Waals surface area contributed by atoms with Gasteiger partial charge in [-0.3, -0.25) is 4.79 Å². The molecule has 0 aliphatic carbocycles. The number of carbonyl (C=O) groups is 1. The van der Waals surface area contributed by atoms with Crippen LogP contribution in [0.15, 0.2) is 24.3 Å². The SMILES string of the molecule is CCCCC(CN)NC(=O)c1ccc(OC(F)(F)F)cc1.Cl. The van der Waals surface area contributed by atoms with Gasteiger partial charge in [-0.25, -0.2) is 0 Å². The molecule has 4 nitrogen and oxygen atoms in total. The van der Waals surface area contributed by atoms with Crippen LogP contribution in [-0.4, -0.2) is 24.9 Å². The summed E-state index contributed by atoms with van der Waals surface area (Å²) in [7, 11) is 0. The lowest BCUT2D eigenvalue weighted by Crippen LogP contribution is -2.40. The molecule has 0 spiro atoms. The van der Waals surface area contributed by atoms with Crippen LogP contribution in [0.5, 0.6) is 5.75 Å². The fraction of sp³-hybridized carbons (Fsp3) is 0.500. The lowest BCUT2D eigenvalue weighted by atomic mass is 10.1. The van der Waals surface area contributed by atoms with E-state index >= 15 is 0 Å². The van der Waals surface area contributed by atoms with Crippen molar-refractivity contribution in [3.8, 4) is 5.75 Å². The number of benzene rings is 1. The quantitative estimate of drug-likeness (QED) is 0.800. The molecule has 3 N–H and O–H groups in total. The maximum Gasteiger partial charge on any atom is 0.573 e. The van der Waals surface area contributed by atoms with E-state index in [4.69, 9.17) is 5.73 Å². The Bertz CT molecular complexity index is 452. The Morgan fingerprint density at radius 2 is 1.91 bits per heavy atom. The monoisotopic (exact) mass is 340 g/mol. The highest BCUT2D eigenvalue weighted by Gasteiger charge is 2.31. The number of carbonyl (C=O) groups excluding carboxylic acids is 1. The van der Waals surface area contributed by atoms with Crippen molar-refractivity contribution < 1.29 is 22.7 Å². The molecule has 22 heavy (non-hydrogen) atoms. The number of amides is 1. The first-order valence-corrected chi connectivity index (χ1v) is 6.72. The van der Waals surface area contributed by atoms with E-state index in [1.165, 1.54) is 12.1 Å². The predicted molar refractivity (Wildman–Crippen MR) is 80.2 cm³/mol. The van der Waals surface area contributed by atoms with Crippen LogP contribution in [0.2, 0.25) is 0 Å². The second kappa shape index (κ2) is 9.53. The smallest absolute Gasteiger partial charge is 0.406 e. The topological polar surface area (TPSA) is 64.3 Å². The molecule has 1 aromatic carbocycles. The molecule has 0 saturated carbocycles. The van der Waals surface area contributed by atoms with Crippen LogP contribution in [0, 0.1) is 0 Å². The van der Waals surface area contributed by atoms with Crippen molar-refractivity contribution in [2.45, 2.75) is 38.6 Å². The Balaban J connectivity index is 0.00000441. The fourth-order valence-corrected chi connectivity index (χ4v) is 1.78. The summed E-state index contributed by atoms with van der Waals surface area (Å²) in [5, 5.41) is 2.76. The van der Waals surface area contributed by atoms with Crippen LogP contribution in [0.25, 0.3) is 0 Å². The summed E-state index contributed by atoms with van der Waals surface area (Å²) >= 11 is 0. The van der Waals surface area contributed by atoms with Gasteiger partial charge in [-0.2, -0.15) is 0 Å². The van der Waals surface area contributed by atoms with Gasteiger partial charge in [-0.15, -0.1) is 25.6 Å². The number of alkyl halides is 3. The number of nitrogens with one attached hydrogen (secondary N) is 1. The first-order valence-electron chi connectivity index (χ1n) is 6.72. The Hall–Kier alpha value is -1.47. The average molecular weight is 341 g/mol. The first-order chi connectivity index (χ1) is 9.85. The molecule has 8 heteroatoms. The Morgan fingerprint density at radius 3 is 2.36 bits per heavy atom. The van der Waals surface area contributed by atoms with Crippen LogP contribution in [0.1, 0.15) is 36.5 Å². The van der Waals surface area contributed by atoms with Crippen LogP contribution in [0.3, 0.4) is 0 Å². The van der Waals surface area contributed by atoms with Crippen molar-refractivity contribution >= 4 is 18.3 Å². The Morgan fingerprint density at radius 1 is 1.32 bits per heavy atom.